The van der Waals surface area contributed by atoms with Crippen molar-refractivity contribution in [3.63, 3.8) is 0 Å². The Morgan fingerprint density at radius 1 is 1.29 bits per heavy atom. The lowest BCUT2D eigenvalue weighted by molar-refractivity contribution is 0.123. The van der Waals surface area contributed by atoms with E-state index in [1.165, 1.54) is 23.9 Å². The predicted octanol–water partition coefficient (Wildman–Crippen LogP) is 2.41. The molecule has 0 bridgehead atoms. The van der Waals surface area contributed by atoms with Crippen LogP contribution in [0.4, 0.5) is 4.39 Å². The summed E-state index contributed by atoms with van der Waals surface area (Å²) in [6.45, 7) is 3.85. The molecule has 0 saturated heterocycles. The standard InChI is InChI=1S/C16H17FN4O2S/c1-10-7-11(2)21-15(18-10)19-20-16(21)24-9-12(22)8-23-14-6-4-3-5-13(14)17/h3-7,12,22H,8-9H2,1-2H3. The largest absolute Gasteiger partial charge is 0.488 e. The third-order valence-corrected chi connectivity index (χ3v) is 4.41. The van der Waals surface area contributed by atoms with E-state index in [2.05, 4.69) is 15.2 Å². The molecular weight excluding hydrogens is 331 g/mol. The average Bonchev–Trinajstić information content (AvgIpc) is 2.95. The van der Waals surface area contributed by atoms with Crippen LogP contribution in [0.3, 0.4) is 0 Å². The summed E-state index contributed by atoms with van der Waals surface area (Å²) in [7, 11) is 0. The number of aliphatic hydroxyl groups excluding tert-OH is 1. The maximum Gasteiger partial charge on any atom is 0.256 e. The first-order chi connectivity index (χ1) is 11.5. The van der Waals surface area contributed by atoms with Gasteiger partial charge in [-0.15, -0.1) is 10.2 Å². The number of hydrogen-bond donors (Lipinski definition) is 1. The van der Waals surface area contributed by atoms with Gasteiger partial charge in [0.1, 0.15) is 6.61 Å². The fourth-order valence-electron chi connectivity index (χ4n) is 2.26. The third kappa shape index (κ3) is 3.65. The Morgan fingerprint density at radius 3 is 2.88 bits per heavy atom. The Bertz CT molecular complexity index is 855. The quantitative estimate of drug-likeness (QED) is 0.690. The zero-order chi connectivity index (χ0) is 17.1. The van der Waals surface area contributed by atoms with Crippen LogP contribution in [0.1, 0.15) is 11.4 Å². The molecule has 0 radical (unpaired) electrons. The number of benzene rings is 1. The zero-order valence-corrected chi connectivity index (χ0v) is 14.1. The predicted molar refractivity (Wildman–Crippen MR) is 88.9 cm³/mol. The number of hydrogen-bond acceptors (Lipinski definition) is 6. The van der Waals surface area contributed by atoms with Crippen LogP contribution < -0.4 is 4.74 Å². The van der Waals surface area contributed by atoms with Gasteiger partial charge >= 0.3 is 0 Å². The molecule has 3 rings (SSSR count). The summed E-state index contributed by atoms with van der Waals surface area (Å²) in [5.74, 6) is 0.567. The smallest absolute Gasteiger partial charge is 0.256 e. The highest BCUT2D eigenvalue weighted by molar-refractivity contribution is 7.99. The second-order valence-corrected chi connectivity index (χ2v) is 6.35. The minimum atomic E-state index is -0.763. The van der Waals surface area contributed by atoms with Gasteiger partial charge in [0.15, 0.2) is 16.7 Å². The summed E-state index contributed by atoms with van der Waals surface area (Å²) in [5.41, 5.74) is 1.85. The maximum absolute atomic E-state index is 13.5. The first-order valence-electron chi connectivity index (χ1n) is 7.42. The van der Waals surface area contributed by atoms with Crippen molar-refractivity contribution in [2.24, 2.45) is 0 Å². The Hall–Kier alpha value is -2.19. The molecule has 0 aliphatic carbocycles. The second-order valence-electron chi connectivity index (χ2n) is 5.36. The molecule has 3 aromatic rings. The van der Waals surface area contributed by atoms with Gasteiger partial charge in [0.05, 0.1) is 6.10 Å². The lowest BCUT2D eigenvalue weighted by Crippen LogP contribution is -2.20. The molecule has 24 heavy (non-hydrogen) atoms. The van der Waals surface area contributed by atoms with Gasteiger partial charge in [-0.25, -0.2) is 9.37 Å². The lowest BCUT2D eigenvalue weighted by atomic mass is 10.3. The number of rotatable bonds is 6. The van der Waals surface area contributed by atoms with Crippen molar-refractivity contribution in [3.8, 4) is 5.75 Å². The molecule has 126 valence electrons. The number of halogens is 1. The van der Waals surface area contributed by atoms with E-state index in [0.29, 0.717) is 16.7 Å². The van der Waals surface area contributed by atoms with Crippen LogP contribution in [-0.2, 0) is 0 Å². The molecular formula is C16H17FN4O2S. The van der Waals surface area contributed by atoms with E-state index in [9.17, 15) is 9.50 Å². The van der Waals surface area contributed by atoms with Crippen LogP contribution >= 0.6 is 11.8 Å². The fourth-order valence-corrected chi connectivity index (χ4v) is 3.15. The Kier molecular flexibility index (Phi) is 4.96. The first kappa shape index (κ1) is 16.7. The van der Waals surface area contributed by atoms with Crippen molar-refractivity contribution in [1.82, 2.24) is 19.6 Å². The highest BCUT2D eigenvalue weighted by atomic mass is 32.2. The van der Waals surface area contributed by atoms with Gasteiger partial charge in [-0.1, -0.05) is 23.9 Å². The summed E-state index contributed by atoms with van der Waals surface area (Å²) < 4.78 is 20.6. The number of aryl methyl sites for hydroxylation is 2. The number of aliphatic hydroxyl groups is 1. The molecule has 0 fully saturated rings. The molecule has 1 atom stereocenters. The van der Waals surface area contributed by atoms with E-state index in [0.717, 1.165) is 11.4 Å². The number of thioether (sulfide) groups is 1. The van der Waals surface area contributed by atoms with Gasteiger partial charge < -0.3 is 9.84 Å². The fraction of sp³-hybridized carbons (Fsp3) is 0.312. The molecule has 0 spiro atoms. The second kappa shape index (κ2) is 7.14. The van der Waals surface area contributed by atoms with E-state index in [4.69, 9.17) is 4.74 Å². The summed E-state index contributed by atoms with van der Waals surface area (Å²) >= 11 is 1.35. The molecule has 6 nitrogen and oxygen atoms in total. The molecule has 8 heteroatoms. The van der Waals surface area contributed by atoms with Gasteiger partial charge in [0.2, 0.25) is 0 Å². The van der Waals surface area contributed by atoms with Crippen molar-refractivity contribution in [3.05, 3.63) is 47.5 Å². The van der Waals surface area contributed by atoms with E-state index < -0.39 is 11.9 Å². The maximum atomic E-state index is 13.5. The van der Waals surface area contributed by atoms with E-state index in [-0.39, 0.29) is 12.4 Å². The van der Waals surface area contributed by atoms with Crippen molar-refractivity contribution < 1.29 is 14.2 Å². The van der Waals surface area contributed by atoms with Crippen LogP contribution in [0.25, 0.3) is 5.78 Å². The molecule has 1 unspecified atom stereocenters. The zero-order valence-electron chi connectivity index (χ0n) is 13.3. The number of fused-ring (bicyclic) bond motifs is 1. The van der Waals surface area contributed by atoms with Crippen molar-refractivity contribution >= 4 is 17.5 Å². The van der Waals surface area contributed by atoms with Gasteiger partial charge in [-0.3, -0.25) is 4.40 Å². The number of ether oxygens (including phenoxy) is 1. The van der Waals surface area contributed by atoms with Crippen LogP contribution in [0.5, 0.6) is 5.75 Å². The molecule has 0 amide bonds. The normalized spacial score (nSPS) is 12.5. The molecule has 2 heterocycles. The summed E-state index contributed by atoms with van der Waals surface area (Å²) in [6, 6.07) is 8.05. The summed E-state index contributed by atoms with van der Waals surface area (Å²) in [4.78, 5) is 4.32. The minimum absolute atomic E-state index is 0.00100. The minimum Gasteiger partial charge on any atom is -0.488 e. The molecule has 0 aliphatic heterocycles. The van der Waals surface area contributed by atoms with Crippen LogP contribution in [0.2, 0.25) is 0 Å². The molecule has 2 aromatic heterocycles. The summed E-state index contributed by atoms with van der Waals surface area (Å²) in [5, 5.41) is 18.8. The van der Waals surface area contributed by atoms with Gasteiger partial charge in [0.25, 0.3) is 5.78 Å². The van der Waals surface area contributed by atoms with E-state index >= 15 is 0 Å². The first-order valence-corrected chi connectivity index (χ1v) is 8.40. The Balaban J connectivity index is 1.61. The Morgan fingerprint density at radius 2 is 2.08 bits per heavy atom. The van der Waals surface area contributed by atoms with E-state index in [1.807, 2.05) is 24.3 Å². The summed E-state index contributed by atoms with van der Waals surface area (Å²) in [6.07, 6.45) is -0.763. The SMILES string of the molecule is Cc1cc(C)n2c(SCC(O)COc3ccccc3F)nnc2n1. The topological polar surface area (TPSA) is 72.5 Å². The van der Waals surface area contributed by atoms with Crippen molar-refractivity contribution in [2.75, 3.05) is 12.4 Å². The van der Waals surface area contributed by atoms with Crippen LogP contribution in [-0.4, -0.2) is 43.2 Å². The van der Waals surface area contributed by atoms with Crippen LogP contribution in [0.15, 0.2) is 35.5 Å². The van der Waals surface area contributed by atoms with E-state index in [1.54, 1.807) is 12.1 Å². The van der Waals surface area contributed by atoms with Gasteiger partial charge in [-0.2, -0.15) is 0 Å². The monoisotopic (exact) mass is 348 g/mol. The van der Waals surface area contributed by atoms with Crippen molar-refractivity contribution in [2.45, 2.75) is 25.1 Å². The number of aromatic nitrogens is 4. The highest BCUT2D eigenvalue weighted by Gasteiger charge is 2.14. The van der Waals surface area contributed by atoms with Gasteiger partial charge in [-0.05, 0) is 32.0 Å². The Labute approximate surface area is 142 Å². The number of nitrogens with zero attached hydrogens (tertiary/aromatic N) is 4. The third-order valence-electron chi connectivity index (χ3n) is 3.34. The highest BCUT2D eigenvalue weighted by Crippen LogP contribution is 2.20. The van der Waals surface area contributed by atoms with Crippen LogP contribution in [0, 0.1) is 19.7 Å². The molecule has 0 saturated carbocycles. The molecule has 1 N–H and O–H groups in total. The average molecular weight is 348 g/mol. The number of para-hydroxylation sites is 1. The lowest BCUT2D eigenvalue weighted by Gasteiger charge is -2.12. The molecule has 0 aliphatic rings. The molecule has 1 aromatic carbocycles. The van der Waals surface area contributed by atoms with Gasteiger partial charge in [0, 0.05) is 17.1 Å². The van der Waals surface area contributed by atoms with Crippen molar-refractivity contribution in [1.29, 1.82) is 0 Å².